The maximum atomic E-state index is 12.1. The van der Waals surface area contributed by atoms with Crippen LogP contribution in [0.3, 0.4) is 0 Å². The molecule has 0 aromatic carbocycles. The van der Waals surface area contributed by atoms with Gasteiger partial charge in [0.2, 0.25) is 5.91 Å². The predicted molar refractivity (Wildman–Crippen MR) is 111 cm³/mol. The molecule has 7 N–H and O–H groups in total. The Morgan fingerprint density at radius 3 is 2.38 bits per heavy atom. The third-order valence-electron chi connectivity index (χ3n) is 6.31. The third-order valence-corrected chi connectivity index (χ3v) is 6.31. The van der Waals surface area contributed by atoms with Crippen molar-refractivity contribution in [2.24, 2.45) is 23.7 Å². The van der Waals surface area contributed by atoms with Gasteiger partial charge in [-0.15, -0.1) is 0 Å². The standard InChI is InChI=1S/C21H42N2O6/c1-3-6-15(14(2)11-24)21(29)18(23-13-26)8-9-19(27)22-10-5-4-7-16-17(12-25)20(16)28/h14-18,20-21,23-26,28-29H,3-13H2,1-2H3,(H,22,27). The number of carbonyl (C=O) groups excluding carboxylic acids is 1. The van der Waals surface area contributed by atoms with Crippen molar-refractivity contribution in [2.45, 2.75) is 77.0 Å². The highest BCUT2D eigenvalue weighted by molar-refractivity contribution is 5.75. The maximum Gasteiger partial charge on any atom is 0.220 e. The van der Waals surface area contributed by atoms with Crippen LogP contribution in [0.1, 0.15) is 58.8 Å². The van der Waals surface area contributed by atoms with Crippen LogP contribution in [0.25, 0.3) is 0 Å². The van der Waals surface area contributed by atoms with Crippen LogP contribution in [0.15, 0.2) is 0 Å². The molecule has 0 radical (unpaired) electrons. The summed E-state index contributed by atoms with van der Waals surface area (Å²) in [6, 6.07) is -0.414. The van der Waals surface area contributed by atoms with E-state index in [2.05, 4.69) is 10.6 Å². The highest BCUT2D eigenvalue weighted by Crippen LogP contribution is 2.42. The normalized spacial score (nSPS) is 25.3. The summed E-state index contributed by atoms with van der Waals surface area (Å²) in [5.41, 5.74) is 0. The van der Waals surface area contributed by atoms with Crippen molar-refractivity contribution in [3.63, 3.8) is 0 Å². The van der Waals surface area contributed by atoms with E-state index < -0.39 is 12.1 Å². The molecule has 8 heteroatoms. The van der Waals surface area contributed by atoms with E-state index in [4.69, 9.17) is 5.11 Å². The summed E-state index contributed by atoms with van der Waals surface area (Å²) in [7, 11) is 0. The Morgan fingerprint density at radius 2 is 1.83 bits per heavy atom. The lowest BCUT2D eigenvalue weighted by Gasteiger charge is -2.33. The van der Waals surface area contributed by atoms with Crippen molar-refractivity contribution in [1.29, 1.82) is 0 Å². The van der Waals surface area contributed by atoms with Crippen LogP contribution < -0.4 is 10.6 Å². The van der Waals surface area contributed by atoms with E-state index in [1.807, 2.05) is 13.8 Å². The first-order valence-corrected chi connectivity index (χ1v) is 11.1. The van der Waals surface area contributed by atoms with Gasteiger partial charge in [-0.1, -0.05) is 26.7 Å². The second-order valence-corrected chi connectivity index (χ2v) is 8.46. The van der Waals surface area contributed by atoms with Crippen LogP contribution in [-0.4, -0.2) is 76.2 Å². The smallest absolute Gasteiger partial charge is 0.220 e. The summed E-state index contributed by atoms with van der Waals surface area (Å²) < 4.78 is 0. The number of hydrogen-bond donors (Lipinski definition) is 7. The average molecular weight is 419 g/mol. The molecule has 0 bridgehead atoms. The first kappa shape index (κ1) is 26.3. The van der Waals surface area contributed by atoms with Crippen LogP contribution in [0.4, 0.5) is 0 Å². The van der Waals surface area contributed by atoms with Gasteiger partial charge < -0.3 is 30.8 Å². The Balaban J connectivity index is 2.31. The van der Waals surface area contributed by atoms with Gasteiger partial charge in [-0.3, -0.25) is 10.1 Å². The zero-order valence-electron chi connectivity index (χ0n) is 18.0. The van der Waals surface area contributed by atoms with E-state index in [0.29, 0.717) is 13.0 Å². The highest BCUT2D eigenvalue weighted by atomic mass is 16.3. The molecule has 1 fully saturated rings. The van der Waals surface area contributed by atoms with Crippen LogP contribution >= 0.6 is 0 Å². The van der Waals surface area contributed by atoms with Crippen LogP contribution in [0, 0.1) is 23.7 Å². The maximum absolute atomic E-state index is 12.1. The Kier molecular flexibility index (Phi) is 12.9. The summed E-state index contributed by atoms with van der Waals surface area (Å²) >= 11 is 0. The molecular weight excluding hydrogens is 376 g/mol. The molecule has 0 saturated heterocycles. The van der Waals surface area contributed by atoms with Gasteiger partial charge in [-0.2, -0.15) is 0 Å². The molecule has 29 heavy (non-hydrogen) atoms. The number of unbranched alkanes of at least 4 members (excludes halogenated alkanes) is 1. The SMILES string of the molecule is CCCC(C(C)CO)C(O)C(CCC(=O)NCCCCC1C(O)C1CO)NCO. The van der Waals surface area contributed by atoms with Gasteiger partial charge in [-0.05, 0) is 43.4 Å². The van der Waals surface area contributed by atoms with E-state index in [9.17, 15) is 25.2 Å². The Morgan fingerprint density at radius 1 is 1.10 bits per heavy atom. The number of amides is 1. The summed E-state index contributed by atoms with van der Waals surface area (Å²) in [6.45, 7) is 4.23. The second-order valence-electron chi connectivity index (χ2n) is 8.46. The Bertz CT molecular complexity index is 453. The van der Waals surface area contributed by atoms with Crippen molar-refractivity contribution in [3.8, 4) is 0 Å². The van der Waals surface area contributed by atoms with Gasteiger partial charge in [0.1, 0.15) is 0 Å². The minimum atomic E-state index is -0.749. The molecule has 0 aromatic heterocycles. The van der Waals surface area contributed by atoms with Crippen molar-refractivity contribution in [2.75, 3.05) is 26.5 Å². The number of rotatable bonds is 17. The lowest BCUT2D eigenvalue weighted by Crippen LogP contribution is -2.47. The first-order valence-electron chi connectivity index (χ1n) is 11.1. The van der Waals surface area contributed by atoms with Crippen LogP contribution in [0.5, 0.6) is 0 Å². The van der Waals surface area contributed by atoms with Gasteiger partial charge in [-0.25, -0.2) is 0 Å². The van der Waals surface area contributed by atoms with E-state index in [0.717, 1.165) is 32.1 Å². The van der Waals surface area contributed by atoms with Gasteiger partial charge >= 0.3 is 0 Å². The second kappa shape index (κ2) is 14.3. The van der Waals surface area contributed by atoms with E-state index in [-0.39, 0.29) is 62.0 Å². The molecule has 0 heterocycles. The zero-order valence-corrected chi connectivity index (χ0v) is 18.0. The molecule has 1 aliphatic carbocycles. The topological polar surface area (TPSA) is 142 Å². The molecule has 1 saturated carbocycles. The monoisotopic (exact) mass is 418 g/mol. The van der Waals surface area contributed by atoms with Gasteiger partial charge in [0.15, 0.2) is 0 Å². The van der Waals surface area contributed by atoms with E-state index >= 15 is 0 Å². The third kappa shape index (κ3) is 8.86. The van der Waals surface area contributed by atoms with Gasteiger partial charge in [0.25, 0.3) is 0 Å². The number of aliphatic hydroxyl groups is 5. The quantitative estimate of drug-likeness (QED) is 0.130. The fraction of sp³-hybridized carbons (Fsp3) is 0.952. The average Bonchev–Trinajstić information content (AvgIpc) is 3.35. The van der Waals surface area contributed by atoms with Gasteiger partial charge in [0.05, 0.1) is 18.9 Å². The summed E-state index contributed by atoms with van der Waals surface area (Å²) in [5.74, 6) is -0.0318. The highest BCUT2D eigenvalue weighted by Gasteiger charge is 2.47. The molecular formula is C21H42N2O6. The molecule has 0 aliphatic heterocycles. The fourth-order valence-corrected chi connectivity index (χ4v) is 4.23. The molecule has 0 spiro atoms. The molecule has 7 unspecified atom stereocenters. The number of aliphatic hydroxyl groups excluding tert-OH is 5. The molecule has 0 aromatic rings. The Hall–Kier alpha value is -0.770. The fourth-order valence-electron chi connectivity index (χ4n) is 4.23. The van der Waals surface area contributed by atoms with Crippen molar-refractivity contribution in [1.82, 2.24) is 10.6 Å². The lowest BCUT2D eigenvalue weighted by molar-refractivity contribution is -0.121. The largest absolute Gasteiger partial charge is 0.396 e. The van der Waals surface area contributed by atoms with Crippen LogP contribution in [-0.2, 0) is 4.79 Å². The predicted octanol–water partition coefficient (Wildman–Crippen LogP) is -0.0341. The van der Waals surface area contributed by atoms with E-state index in [1.54, 1.807) is 0 Å². The van der Waals surface area contributed by atoms with E-state index in [1.165, 1.54) is 0 Å². The number of nitrogens with one attached hydrogen (secondary N) is 2. The molecule has 7 atom stereocenters. The summed E-state index contributed by atoms with van der Waals surface area (Å²) in [4.78, 5) is 12.1. The molecule has 8 nitrogen and oxygen atoms in total. The first-order chi connectivity index (χ1) is 13.9. The summed E-state index contributed by atoms with van der Waals surface area (Å²) in [6.07, 6.45) is 3.75. The van der Waals surface area contributed by atoms with Crippen molar-refractivity contribution in [3.05, 3.63) is 0 Å². The van der Waals surface area contributed by atoms with Crippen molar-refractivity contribution < 1.29 is 30.3 Å². The molecule has 1 amide bonds. The van der Waals surface area contributed by atoms with Crippen molar-refractivity contribution >= 4 is 5.91 Å². The minimum absolute atomic E-state index is 0.00893. The van der Waals surface area contributed by atoms with Gasteiger partial charge in [0, 0.05) is 38.1 Å². The van der Waals surface area contributed by atoms with Crippen LogP contribution in [0.2, 0.25) is 0 Å². The molecule has 1 aliphatic rings. The minimum Gasteiger partial charge on any atom is -0.396 e. The number of hydrogen-bond acceptors (Lipinski definition) is 7. The molecule has 1 rings (SSSR count). The Labute approximate surface area is 174 Å². The summed E-state index contributed by atoms with van der Waals surface area (Å²) in [5, 5.41) is 53.8. The zero-order chi connectivity index (χ0) is 21.8. The number of carbonyl (C=O) groups is 1. The molecule has 172 valence electrons. The lowest BCUT2D eigenvalue weighted by atomic mass is 9.81.